The number of aliphatic imine (C=N–C) groups is 2. The molecule has 1 aliphatic rings. The average molecular weight is 653 g/mol. The van der Waals surface area contributed by atoms with Crippen LogP contribution in [0.4, 0.5) is 0 Å². The van der Waals surface area contributed by atoms with E-state index in [1.54, 1.807) is 0 Å². The lowest BCUT2D eigenvalue weighted by molar-refractivity contribution is 0.674. The number of benzene rings is 8. The maximum atomic E-state index is 5.04. The molecule has 2 heterocycles. The zero-order valence-corrected chi connectivity index (χ0v) is 27.7. The van der Waals surface area contributed by atoms with Crippen molar-refractivity contribution in [3.8, 4) is 16.8 Å². The molecule has 0 amide bonds. The van der Waals surface area contributed by atoms with Gasteiger partial charge in [-0.05, 0) is 68.6 Å². The molecule has 1 atom stereocenters. The Hall–Kier alpha value is -6.78. The van der Waals surface area contributed by atoms with Crippen molar-refractivity contribution in [3.05, 3.63) is 199 Å². The Morgan fingerprint density at radius 3 is 1.80 bits per heavy atom. The third-order valence-electron chi connectivity index (χ3n) is 10.0. The molecule has 1 aliphatic heterocycles. The van der Waals surface area contributed by atoms with Gasteiger partial charge in [-0.3, -0.25) is 0 Å². The number of amidine groups is 2. The number of hydrogen-bond donors (Lipinski definition) is 1. The number of rotatable bonds is 5. The third-order valence-corrected chi connectivity index (χ3v) is 10.0. The Morgan fingerprint density at radius 1 is 0.451 bits per heavy atom. The molecule has 0 bridgehead atoms. The predicted molar refractivity (Wildman–Crippen MR) is 213 cm³/mol. The van der Waals surface area contributed by atoms with Crippen LogP contribution in [0.3, 0.4) is 0 Å². The van der Waals surface area contributed by atoms with Crippen molar-refractivity contribution < 1.29 is 0 Å². The molecular weight excluding hydrogens is 621 g/mol. The van der Waals surface area contributed by atoms with Gasteiger partial charge in [0.2, 0.25) is 0 Å². The highest BCUT2D eigenvalue weighted by Crippen LogP contribution is 2.39. The molecule has 0 fully saturated rings. The minimum absolute atomic E-state index is 0.224. The van der Waals surface area contributed by atoms with Gasteiger partial charge in [-0.15, -0.1) is 0 Å². The largest absolute Gasteiger partial charge is 0.344 e. The van der Waals surface area contributed by atoms with Crippen LogP contribution in [0.2, 0.25) is 0 Å². The highest BCUT2D eigenvalue weighted by molar-refractivity contribution is 6.23. The van der Waals surface area contributed by atoms with E-state index in [1.807, 2.05) is 36.4 Å². The Bertz CT molecular complexity index is 2790. The minimum Gasteiger partial charge on any atom is -0.344 e. The van der Waals surface area contributed by atoms with Crippen LogP contribution in [0.1, 0.15) is 22.9 Å². The van der Waals surface area contributed by atoms with Crippen molar-refractivity contribution in [1.82, 2.24) is 9.88 Å². The fourth-order valence-corrected chi connectivity index (χ4v) is 7.49. The molecule has 0 spiro atoms. The van der Waals surface area contributed by atoms with Crippen LogP contribution in [-0.2, 0) is 0 Å². The summed E-state index contributed by atoms with van der Waals surface area (Å²) >= 11 is 0. The molecule has 240 valence electrons. The summed E-state index contributed by atoms with van der Waals surface area (Å²) in [4.78, 5) is 10.0. The highest BCUT2D eigenvalue weighted by atomic mass is 15.2. The molecule has 9 aromatic rings. The van der Waals surface area contributed by atoms with Gasteiger partial charge >= 0.3 is 0 Å². The van der Waals surface area contributed by atoms with Gasteiger partial charge in [0.25, 0.3) is 0 Å². The summed E-state index contributed by atoms with van der Waals surface area (Å²) in [5.41, 5.74) is 8.98. The standard InChI is InChI=1S/C47H32N4/c1-3-12-34(13-4-1)45-48-46(35-14-5-2-6-15-35)50-47(49-45)36-21-19-31(20-22-36)32-23-26-39(27-24-32)51-42-28-25-33-11-9-10-18-40(33)44(42)41-29-37-16-7-8-17-38(37)30-43(41)51/h1-30,45H,(H,48,49,50). The molecule has 8 aromatic carbocycles. The van der Waals surface area contributed by atoms with Crippen molar-refractivity contribution in [2.45, 2.75) is 6.17 Å². The first-order valence-corrected chi connectivity index (χ1v) is 17.4. The zero-order chi connectivity index (χ0) is 33.7. The monoisotopic (exact) mass is 652 g/mol. The summed E-state index contributed by atoms with van der Waals surface area (Å²) in [7, 11) is 0. The third kappa shape index (κ3) is 5.08. The molecule has 10 rings (SSSR count). The Kier molecular flexibility index (Phi) is 6.85. The van der Waals surface area contributed by atoms with E-state index >= 15 is 0 Å². The van der Waals surface area contributed by atoms with E-state index in [0.29, 0.717) is 0 Å². The second kappa shape index (κ2) is 12.0. The number of aromatic nitrogens is 1. The van der Waals surface area contributed by atoms with E-state index in [9.17, 15) is 0 Å². The second-order valence-electron chi connectivity index (χ2n) is 13.1. The smallest absolute Gasteiger partial charge is 0.159 e. The quantitative estimate of drug-likeness (QED) is 0.197. The van der Waals surface area contributed by atoms with Crippen molar-refractivity contribution >= 4 is 55.0 Å². The summed E-state index contributed by atoms with van der Waals surface area (Å²) in [5, 5.41) is 11.1. The topological polar surface area (TPSA) is 41.7 Å². The molecule has 0 aliphatic carbocycles. The molecule has 0 saturated heterocycles. The van der Waals surface area contributed by atoms with Crippen molar-refractivity contribution in [2.75, 3.05) is 0 Å². The van der Waals surface area contributed by atoms with Crippen molar-refractivity contribution in [1.29, 1.82) is 0 Å². The van der Waals surface area contributed by atoms with Gasteiger partial charge < -0.3 is 9.88 Å². The van der Waals surface area contributed by atoms with Crippen LogP contribution >= 0.6 is 0 Å². The number of nitrogens with one attached hydrogen (secondary N) is 1. The fourth-order valence-electron chi connectivity index (χ4n) is 7.49. The van der Waals surface area contributed by atoms with E-state index in [-0.39, 0.29) is 6.17 Å². The number of nitrogens with zero attached hydrogens (tertiary/aromatic N) is 3. The van der Waals surface area contributed by atoms with Crippen LogP contribution in [0.15, 0.2) is 192 Å². The SMILES string of the molecule is c1ccc(C2=NC(c3ccc(-c4ccc(-n5c6cc7ccccc7cc6c6c7ccccc7ccc65)cc4)cc3)=NC(c3ccccc3)N2)cc1. The van der Waals surface area contributed by atoms with Gasteiger partial charge in [0.05, 0.1) is 11.0 Å². The molecular formula is C47H32N4. The van der Waals surface area contributed by atoms with Gasteiger partial charge in [-0.25, -0.2) is 9.98 Å². The fraction of sp³-hybridized carbons (Fsp3) is 0.0213. The summed E-state index contributed by atoms with van der Waals surface area (Å²) in [6, 6.07) is 64.6. The normalized spacial score (nSPS) is 14.5. The summed E-state index contributed by atoms with van der Waals surface area (Å²) < 4.78 is 2.41. The van der Waals surface area contributed by atoms with Crippen LogP contribution in [0.25, 0.3) is 60.2 Å². The molecule has 4 heteroatoms. The first kappa shape index (κ1) is 29.2. The van der Waals surface area contributed by atoms with Gasteiger partial charge in [-0.1, -0.05) is 152 Å². The van der Waals surface area contributed by atoms with Crippen LogP contribution in [0, 0.1) is 0 Å². The average Bonchev–Trinajstić information content (AvgIpc) is 3.54. The first-order valence-electron chi connectivity index (χ1n) is 17.4. The molecule has 1 aromatic heterocycles. The van der Waals surface area contributed by atoms with Gasteiger partial charge in [0, 0.05) is 27.6 Å². The minimum atomic E-state index is -0.224. The zero-order valence-electron chi connectivity index (χ0n) is 27.7. The Labute approximate surface area is 295 Å². The maximum absolute atomic E-state index is 5.04. The molecule has 51 heavy (non-hydrogen) atoms. The molecule has 0 radical (unpaired) electrons. The number of hydrogen-bond acceptors (Lipinski definition) is 3. The molecule has 1 unspecified atom stereocenters. The van der Waals surface area contributed by atoms with E-state index in [2.05, 4.69) is 155 Å². The maximum Gasteiger partial charge on any atom is 0.159 e. The predicted octanol–water partition coefficient (Wildman–Crippen LogP) is 11.3. The van der Waals surface area contributed by atoms with Crippen LogP contribution in [-0.4, -0.2) is 16.2 Å². The van der Waals surface area contributed by atoms with E-state index in [4.69, 9.17) is 9.98 Å². The van der Waals surface area contributed by atoms with E-state index < -0.39 is 0 Å². The Balaban J connectivity index is 1.03. The van der Waals surface area contributed by atoms with Crippen molar-refractivity contribution in [3.63, 3.8) is 0 Å². The number of fused-ring (bicyclic) bond motifs is 6. The van der Waals surface area contributed by atoms with Gasteiger partial charge in [0.15, 0.2) is 5.84 Å². The molecule has 4 nitrogen and oxygen atoms in total. The van der Waals surface area contributed by atoms with Crippen molar-refractivity contribution in [2.24, 2.45) is 9.98 Å². The highest BCUT2D eigenvalue weighted by Gasteiger charge is 2.21. The summed E-state index contributed by atoms with van der Waals surface area (Å²) in [5.74, 6) is 1.54. The van der Waals surface area contributed by atoms with Crippen LogP contribution < -0.4 is 5.32 Å². The lowest BCUT2D eigenvalue weighted by Crippen LogP contribution is -2.33. The first-order chi connectivity index (χ1) is 25.3. The Morgan fingerprint density at radius 2 is 1.06 bits per heavy atom. The summed E-state index contributed by atoms with van der Waals surface area (Å²) in [6.07, 6.45) is -0.224. The van der Waals surface area contributed by atoms with Gasteiger partial charge in [0.1, 0.15) is 12.0 Å². The van der Waals surface area contributed by atoms with Crippen LogP contribution in [0.5, 0.6) is 0 Å². The van der Waals surface area contributed by atoms with E-state index in [0.717, 1.165) is 45.2 Å². The van der Waals surface area contributed by atoms with E-state index in [1.165, 1.54) is 43.4 Å². The second-order valence-corrected chi connectivity index (χ2v) is 13.1. The lowest BCUT2D eigenvalue weighted by Gasteiger charge is -2.23. The summed E-state index contributed by atoms with van der Waals surface area (Å²) in [6.45, 7) is 0. The lowest BCUT2D eigenvalue weighted by atomic mass is 10.0. The molecule has 1 N–H and O–H groups in total. The van der Waals surface area contributed by atoms with Gasteiger partial charge in [-0.2, -0.15) is 0 Å². The molecule has 0 saturated carbocycles.